The zero-order chi connectivity index (χ0) is 13.1. The molecule has 1 N–H and O–H groups in total. The van der Waals surface area contributed by atoms with Gasteiger partial charge in [-0.15, -0.1) is 0 Å². The summed E-state index contributed by atoms with van der Waals surface area (Å²) in [7, 11) is 0. The van der Waals surface area contributed by atoms with Crippen molar-refractivity contribution in [3.63, 3.8) is 0 Å². The van der Waals surface area contributed by atoms with Gasteiger partial charge in [-0.3, -0.25) is 4.84 Å². The molecule has 7 heteroatoms. The summed E-state index contributed by atoms with van der Waals surface area (Å²) in [6, 6.07) is 3.69. The largest absolute Gasteiger partial charge is 0.413 e. The molecule has 2 nitrogen and oxygen atoms in total. The molecular weight excluding hydrogens is 306 g/mol. The molecule has 0 aliphatic carbocycles. The van der Waals surface area contributed by atoms with Crippen molar-refractivity contribution in [1.82, 2.24) is 5.48 Å². The molecule has 17 heavy (non-hydrogen) atoms. The Kier molecular flexibility index (Phi) is 4.91. The second kappa shape index (κ2) is 5.79. The van der Waals surface area contributed by atoms with Gasteiger partial charge >= 0.3 is 6.18 Å². The van der Waals surface area contributed by atoms with Crippen LogP contribution in [0.2, 0.25) is 0 Å². The van der Waals surface area contributed by atoms with Crippen LogP contribution in [0, 0.1) is 5.82 Å². The molecule has 1 atom stereocenters. The van der Waals surface area contributed by atoms with Gasteiger partial charge in [0.05, 0.1) is 10.5 Å². The van der Waals surface area contributed by atoms with Gasteiger partial charge in [0, 0.05) is 0 Å². The summed E-state index contributed by atoms with van der Waals surface area (Å²) in [5, 5.41) is 0. The van der Waals surface area contributed by atoms with Gasteiger partial charge in [0.2, 0.25) is 0 Å². The second-order valence-electron chi connectivity index (χ2n) is 3.42. The first-order valence-electron chi connectivity index (χ1n) is 4.68. The van der Waals surface area contributed by atoms with Crippen LogP contribution in [0.4, 0.5) is 17.6 Å². The summed E-state index contributed by atoms with van der Waals surface area (Å²) >= 11 is 2.99. The van der Waals surface area contributed by atoms with E-state index in [1.807, 2.05) is 0 Å². The van der Waals surface area contributed by atoms with Gasteiger partial charge in [0.25, 0.3) is 0 Å². The van der Waals surface area contributed by atoms with Gasteiger partial charge in [-0.1, -0.05) is 6.07 Å². The fourth-order valence-electron chi connectivity index (χ4n) is 1.10. The fraction of sp³-hybridized carbons (Fsp3) is 0.400. The lowest BCUT2D eigenvalue weighted by molar-refractivity contribution is -0.192. The summed E-state index contributed by atoms with van der Waals surface area (Å²) in [6.07, 6.45) is -4.38. The third-order valence-electron chi connectivity index (χ3n) is 1.94. The number of alkyl halides is 3. The SMILES string of the molecule is CC(NOCC(F)(F)F)c1ccc(F)c(Br)c1. The van der Waals surface area contributed by atoms with E-state index in [9.17, 15) is 17.6 Å². The van der Waals surface area contributed by atoms with Crippen molar-refractivity contribution in [2.24, 2.45) is 0 Å². The Morgan fingerprint density at radius 2 is 2.06 bits per heavy atom. The first kappa shape index (κ1) is 14.4. The molecule has 1 unspecified atom stereocenters. The first-order chi connectivity index (χ1) is 7.79. The molecule has 96 valence electrons. The molecule has 0 heterocycles. The topological polar surface area (TPSA) is 21.3 Å². The molecule has 1 aromatic carbocycles. The third-order valence-corrected chi connectivity index (χ3v) is 2.55. The minimum absolute atomic E-state index is 0.250. The molecular formula is C10H10BrF4NO. The monoisotopic (exact) mass is 315 g/mol. The second-order valence-corrected chi connectivity index (χ2v) is 4.27. The molecule has 0 bridgehead atoms. The molecule has 0 fully saturated rings. The molecule has 0 saturated heterocycles. The van der Waals surface area contributed by atoms with Gasteiger partial charge in [-0.25, -0.2) is 4.39 Å². The summed E-state index contributed by atoms with van der Waals surface area (Å²) in [4.78, 5) is 4.30. The fourth-order valence-corrected chi connectivity index (χ4v) is 1.49. The van der Waals surface area contributed by atoms with E-state index in [4.69, 9.17) is 0 Å². The van der Waals surface area contributed by atoms with E-state index >= 15 is 0 Å². The first-order valence-corrected chi connectivity index (χ1v) is 5.48. The van der Waals surface area contributed by atoms with Gasteiger partial charge in [-0.2, -0.15) is 18.7 Å². The van der Waals surface area contributed by atoms with Crippen LogP contribution in [0.5, 0.6) is 0 Å². The van der Waals surface area contributed by atoms with Crippen LogP contribution in [0.15, 0.2) is 22.7 Å². The number of halogens is 5. The lowest BCUT2D eigenvalue weighted by Crippen LogP contribution is -2.26. The summed E-state index contributed by atoms with van der Waals surface area (Å²) in [5.74, 6) is -0.433. The van der Waals surface area contributed by atoms with E-state index in [0.29, 0.717) is 5.56 Å². The van der Waals surface area contributed by atoms with Crippen LogP contribution in [0.25, 0.3) is 0 Å². The molecule has 0 amide bonds. The van der Waals surface area contributed by atoms with Crippen LogP contribution in [0.3, 0.4) is 0 Å². The minimum Gasteiger partial charge on any atom is -0.292 e. The average Bonchev–Trinajstić information content (AvgIpc) is 2.20. The predicted molar refractivity (Wildman–Crippen MR) is 57.7 cm³/mol. The summed E-state index contributed by atoms with van der Waals surface area (Å²) in [6.45, 7) is 0.232. The van der Waals surface area contributed by atoms with Crippen molar-refractivity contribution in [2.75, 3.05) is 6.61 Å². The Hall–Kier alpha value is -0.660. The molecule has 0 aliphatic heterocycles. The van der Waals surface area contributed by atoms with Gasteiger partial charge in [-0.05, 0) is 40.5 Å². The number of benzene rings is 1. The van der Waals surface area contributed by atoms with Crippen LogP contribution >= 0.6 is 15.9 Å². The number of rotatable bonds is 4. The molecule has 0 spiro atoms. The van der Waals surface area contributed by atoms with E-state index in [2.05, 4.69) is 26.2 Å². The van der Waals surface area contributed by atoms with Crippen molar-refractivity contribution in [3.8, 4) is 0 Å². The number of hydroxylamine groups is 1. The lowest BCUT2D eigenvalue weighted by atomic mass is 10.1. The van der Waals surface area contributed by atoms with Crippen LogP contribution in [-0.4, -0.2) is 12.8 Å². The maximum Gasteiger partial charge on any atom is 0.413 e. The maximum absolute atomic E-state index is 12.9. The highest BCUT2D eigenvalue weighted by atomic mass is 79.9. The van der Waals surface area contributed by atoms with Crippen molar-refractivity contribution in [2.45, 2.75) is 19.1 Å². The number of nitrogens with one attached hydrogen (secondary N) is 1. The van der Waals surface area contributed by atoms with Crippen LogP contribution in [0.1, 0.15) is 18.5 Å². The van der Waals surface area contributed by atoms with Crippen molar-refractivity contribution in [3.05, 3.63) is 34.1 Å². The Bertz CT molecular complexity index is 383. The molecule has 1 rings (SSSR count). The Morgan fingerprint density at radius 1 is 1.41 bits per heavy atom. The smallest absolute Gasteiger partial charge is 0.292 e. The van der Waals surface area contributed by atoms with E-state index in [1.54, 1.807) is 6.92 Å². The van der Waals surface area contributed by atoms with Crippen molar-refractivity contribution in [1.29, 1.82) is 0 Å². The highest BCUT2D eigenvalue weighted by Gasteiger charge is 2.28. The van der Waals surface area contributed by atoms with Gasteiger partial charge in [0.15, 0.2) is 6.61 Å². The predicted octanol–water partition coefficient (Wildman–Crippen LogP) is 3.73. The summed E-state index contributed by atoms with van der Waals surface area (Å²) < 4.78 is 48.6. The van der Waals surface area contributed by atoms with E-state index in [0.717, 1.165) is 0 Å². The maximum atomic E-state index is 12.9. The van der Waals surface area contributed by atoms with Crippen LogP contribution in [-0.2, 0) is 4.84 Å². The highest BCUT2D eigenvalue weighted by Crippen LogP contribution is 2.21. The Balaban J connectivity index is 2.52. The molecule has 0 aliphatic rings. The standard InChI is InChI=1S/C10H10BrF4NO/c1-6(16-17-5-10(13,14)15)7-2-3-9(12)8(11)4-7/h2-4,6,16H,5H2,1H3. The van der Waals surface area contributed by atoms with Crippen LogP contribution < -0.4 is 5.48 Å². The highest BCUT2D eigenvalue weighted by molar-refractivity contribution is 9.10. The van der Waals surface area contributed by atoms with Crippen molar-refractivity contribution >= 4 is 15.9 Å². The third kappa shape index (κ3) is 5.01. The molecule has 0 aromatic heterocycles. The molecule has 0 radical (unpaired) electrons. The van der Waals surface area contributed by atoms with E-state index in [-0.39, 0.29) is 4.47 Å². The zero-order valence-corrected chi connectivity index (χ0v) is 10.4. The Labute approximate surface area is 104 Å². The lowest BCUT2D eigenvalue weighted by Gasteiger charge is -2.15. The quantitative estimate of drug-likeness (QED) is 0.675. The number of hydrogen-bond donors (Lipinski definition) is 1. The minimum atomic E-state index is -4.38. The normalized spacial score (nSPS) is 13.8. The zero-order valence-electron chi connectivity index (χ0n) is 8.81. The van der Waals surface area contributed by atoms with Gasteiger partial charge in [0.1, 0.15) is 5.82 Å². The summed E-state index contributed by atoms with van der Waals surface area (Å²) in [5.41, 5.74) is 2.85. The molecule has 1 aromatic rings. The van der Waals surface area contributed by atoms with Gasteiger partial charge < -0.3 is 0 Å². The van der Waals surface area contributed by atoms with E-state index in [1.165, 1.54) is 18.2 Å². The molecule has 0 saturated carbocycles. The van der Waals surface area contributed by atoms with E-state index < -0.39 is 24.6 Å². The average molecular weight is 316 g/mol. The Morgan fingerprint density at radius 3 is 2.59 bits per heavy atom. The van der Waals surface area contributed by atoms with Crippen molar-refractivity contribution < 1.29 is 22.4 Å². The number of hydrogen-bond acceptors (Lipinski definition) is 2.